The van der Waals surface area contributed by atoms with Crippen LogP contribution < -0.4 is 17.2 Å². The van der Waals surface area contributed by atoms with Gasteiger partial charge in [-0.3, -0.25) is 10.1 Å². The summed E-state index contributed by atoms with van der Waals surface area (Å²) in [4.78, 5) is 11.5. The normalized spacial score (nSPS) is 13.2. The van der Waals surface area contributed by atoms with Crippen LogP contribution in [-0.2, 0) is 14.2 Å². The molecule has 9 nitrogen and oxygen atoms in total. The van der Waals surface area contributed by atoms with E-state index in [1.807, 2.05) is 6.92 Å². The number of nitrogens with zero attached hydrogens (tertiary/aromatic N) is 1. The third kappa shape index (κ3) is 8.32. The van der Waals surface area contributed by atoms with Crippen LogP contribution in [0.4, 0.5) is 0 Å². The van der Waals surface area contributed by atoms with E-state index in [9.17, 15) is 10.1 Å². The SMILES string of the molecule is CCC(OCCCN)C(COCCCN)(COCCCN)[N+](=O)[O-]. The highest BCUT2D eigenvalue weighted by atomic mass is 16.6. The first-order valence-corrected chi connectivity index (χ1v) is 8.60. The average molecular weight is 350 g/mol. The summed E-state index contributed by atoms with van der Waals surface area (Å²) in [5, 5.41) is 11.9. The zero-order valence-corrected chi connectivity index (χ0v) is 14.8. The monoisotopic (exact) mass is 350 g/mol. The molecule has 0 aliphatic heterocycles. The third-order valence-electron chi connectivity index (χ3n) is 3.69. The highest BCUT2D eigenvalue weighted by molar-refractivity contribution is 4.88. The van der Waals surface area contributed by atoms with Crippen molar-refractivity contribution in [1.82, 2.24) is 0 Å². The van der Waals surface area contributed by atoms with Gasteiger partial charge in [-0.25, -0.2) is 0 Å². The topological polar surface area (TPSA) is 149 Å². The van der Waals surface area contributed by atoms with Crippen molar-refractivity contribution in [2.75, 3.05) is 52.7 Å². The molecule has 9 heteroatoms. The fourth-order valence-electron chi connectivity index (χ4n) is 2.28. The average Bonchev–Trinajstić information content (AvgIpc) is 2.58. The van der Waals surface area contributed by atoms with Gasteiger partial charge in [-0.1, -0.05) is 6.92 Å². The summed E-state index contributed by atoms with van der Waals surface area (Å²) in [7, 11) is 0. The molecule has 0 radical (unpaired) electrons. The van der Waals surface area contributed by atoms with Crippen molar-refractivity contribution < 1.29 is 19.1 Å². The zero-order valence-electron chi connectivity index (χ0n) is 14.8. The Kier molecular flexibility index (Phi) is 14.0. The van der Waals surface area contributed by atoms with E-state index in [0.29, 0.717) is 65.1 Å². The lowest BCUT2D eigenvalue weighted by Gasteiger charge is -2.32. The molecule has 0 fully saturated rings. The van der Waals surface area contributed by atoms with Crippen molar-refractivity contribution in [2.45, 2.75) is 44.2 Å². The lowest BCUT2D eigenvalue weighted by atomic mass is 9.92. The maximum atomic E-state index is 11.9. The van der Waals surface area contributed by atoms with Crippen molar-refractivity contribution in [1.29, 1.82) is 0 Å². The molecular formula is C15H34N4O5. The summed E-state index contributed by atoms with van der Waals surface area (Å²) in [6.07, 6.45) is 1.80. The van der Waals surface area contributed by atoms with Crippen molar-refractivity contribution >= 4 is 0 Å². The molecule has 0 aliphatic carbocycles. The van der Waals surface area contributed by atoms with Gasteiger partial charge in [0.2, 0.25) is 0 Å². The smallest absolute Gasteiger partial charge is 0.293 e. The van der Waals surface area contributed by atoms with E-state index in [2.05, 4.69) is 0 Å². The first kappa shape index (κ1) is 23.2. The van der Waals surface area contributed by atoms with Gasteiger partial charge < -0.3 is 31.4 Å². The maximum Gasteiger partial charge on any atom is 0.293 e. The van der Waals surface area contributed by atoms with Crippen LogP contribution in [0.1, 0.15) is 32.6 Å². The van der Waals surface area contributed by atoms with Gasteiger partial charge >= 0.3 is 0 Å². The van der Waals surface area contributed by atoms with Crippen molar-refractivity contribution in [3.63, 3.8) is 0 Å². The van der Waals surface area contributed by atoms with Crippen molar-refractivity contribution in [3.05, 3.63) is 10.1 Å². The van der Waals surface area contributed by atoms with Crippen LogP contribution in [-0.4, -0.2) is 69.2 Å². The quantitative estimate of drug-likeness (QED) is 0.187. The molecule has 0 spiro atoms. The summed E-state index contributed by atoms with van der Waals surface area (Å²) in [5.74, 6) is 0. The van der Waals surface area contributed by atoms with Crippen LogP contribution >= 0.6 is 0 Å². The lowest BCUT2D eigenvalue weighted by molar-refractivity contribution is -0.593. The van der Waals surface area contributed by atoms with Crippen LogP contribution in [0, 0.1) is 10.1 Å². The Bertz CT molecular complexity index is 308. The molecule has 0 aliphatic rings. The molecule has 24 heavy (non-hydrogen) atoms. The van der Waals surface area contributed by atoms with Crippen molar-refractivity contribution in [3.8, 4) is 0 Å². The van der Waals surface area contributed by atoms with Gasteiger partial charge in [0.15, 0.2) is 0 Å². The number of nitrogens with two attached hydrogens (primary N) is 3. The lowest BCUT2D eigenvalue weighted by Crippen LogP contribution is -2.57. The number of rotatable bonds is 17. The van der Waals surface area contributed by atoms with Crippen LogP contribution in [0.3, 0.4) is 0 Å². The summed E-state index contributed by atoms with van der Waals surface area (Å²) >= 11 is 0. The predicted octanol–water partition coefficient (Wildman–Crippen LogP) is -0.123. The molecule has 0 heterocycles. The Balaban J connectivity index is 5.01. The van der Waals surface area contributed by atoms with Gasteiger partial charge in [-0.2, -0.15) is 0 Å². The van der Waals surface area contributed by atoms with Crippen LogP contribution in [0.15, 0.2) is 0 Å². The summed E-state index contributed by atoms with van der Waals surface area (Å²) in [6, 6.07) is 0. The van der Waals surface area contributed by atoms with Gasteiger partial charge in [0.05, 0.1) is 0 Å². The van der Waals surface area contributed by atoms with E-state index in [4.69, 9.17) is 31.4 Å². The van der Waals surface area contributed by atoms with Crippen LogP contribution in [0.25, 0.3) is 0 Å². The third-order valence-corrected chi connectivity index (χ3v) is 3.69. The van der Waals surface area contributed by atoms with E-state index in [1.165, 1.54) is 0 Å². The van der Waals surface area contributed by atoms with Gasteiger partial charge in [0.25, 0.3) is 5.54 Å². The molecule has 1 atom stereocenters. The standard InChI is InChI=1S/C15H34N4O5/c1-2-14(24-11-5-8-18)15(19(20)21,12-22-9-3-6-16)13-23-10-4-7-17/h14H,2-13,16-18H2,1H3. The number of hydrogen-bond donors (Lipinski definition) is 3. The van der Waals surface area contributed by atoms with Crippen LogP contribution in [0.5, 0.6) is 0 Å². The second-order valence-electron chi connectivity index (χ2n) is 5.66. The summed E-state index contributed by atoms with van der Waals surface area (Å²) in [5.41, 5.74) is 14.9. The molecule has 0 bridgehead atoms. The molecule has 0 amide bonds. The molecule has 0 aromatic heterocycles. The molecule has 0 saturated carbocycles. The molecule has 0 saturated heterocycles. The minimum atomic E-state index is -1.45. The van der Waals surface area contributed by atoms with Crippen molar-refractivity contribution in [2.24, 2.45) is 17.2 Å². The summed E-state index contributed by atoms with van der Waals surface area (Å²) < 4.78 is 16.8. The Morgan fingerprint density at radius 3 is 1.79 bits per heavy atom. The number of ether oxygens (including phenoxy) is 3. The molecule has 0 aromatic rings. The summed E-state index contributed by atoms with van der Waals surface area (Å²) in [6.45, 7) is 4.23. The Hall–Kier alpha value is -0.840. The maximum absolute atomic E-state index is 11.9. The number of nitro groups is 1. The fraction of sp³-hybridized carbons (Fsp3) is 1.00. The largest absolute Gasteiger partial charge is 0.374 e. The van der Waals surface area contributed by atoms with E-state index in [0.717, 1.165) is 0 Å². The van der Waals surface area contributed by atoms with Gasteiger partial charge in [-0.15, -0.1) is 0 Å². The molecule has 144 valence electrons. The predicted molar refractivity (Wildman–Crippen MR) is 92.4 cm³/mol. The molecule has 1 unspecified atom stereocenters. The minimum Gasteiger partial charge on any atom is -0.374 e. The second-order valence-corrected chi connectivity index (χ2v) is 5.66. The second kappa shape index (κ2) is 14.5. The van der Waals surface area contributed by atoms with E-state index < -0.39 is 11.6 Å². The minimum absolute atomic E-state index is 0.0796. The molecule has 0 rings (SSSR count). The van der Waals surface area contributed by atoms with Crippen LogP contribution in [0.2, 0.25) is 0 Å². The van der Waals surface area contributed by atoms with Gasteiger partial charge in [0.1, 0.15) is 19.3 Å². The highest BCUT2D eigenvalue weighted by Crippen LogP contribution is 2.23. The first-order chi connectivity index (χ1) is 11.6. The number of hydrogen-bond acceptors (Lipinski definition) is 8. The first-order valence-electron chi connectivity index (χ1n) is 8.60. The fourth-order valence-corrected chi connectivity index (χ4v) is 2.28. The zero-order chi connectivity index (χ0) is 18.3. The van der Waals surface area contributed by atoms with E-state index in [1.54, 1.807) is 0 Å². The Morgan fingerprint density at radius 1 is 0.958 bits per heavy atom. The van der Waals surface area contributed by atoms with E-state index >= 15 is 0 Å². The van der Waals surface area contributed by atoms with E-state index in [-0.39, 0.29) is 18.1 Å². The molecule has 0 aromatic carbocycles. The molecular weight excluding hydrogens is 316 g/mol. The Morgan fingerprint density at radius 2 is 1.42 bits per heavy atom. The Labute approximate surface area is 144 Å². The van der Waals surface area contributed by atoms with Gasteiger partial charge in [-0.05, 0) is 45.3 Å². The van der Waals surface area contributed by atoms with Gasteiger partial charge in [0, 0.05) is 24.7 Å². The highest BCUT2D eigenvalue weighted by Gasteiger charge is 2.51. The molecule has 6 N–H and O–H groups in total.